The first kappa shape index (κ1) is 19.7. The average molecular weight is 410 g/mol. The van der Waals surface area contributed by atoms with Crippen LogP contribution in [-0.4, -0.2) is 51.3 Å². The van der Waals surface area contributed by atoms with E-state index >= 15 is 0 Å². The van der Waals surface area contributed by atoms with Gasteiger partial charge in [0.2, 0.25) is 12.5 Å². The molecule has 2 heterocycles. The molecule has 0 spiro atoms. The Bertz CT molecular complexity index is 852. The molecule has 2 aliphatic rings. The summed E-state index contributed by atoms with van der Waals surface area (Å²) in [6.07, 6.45) is -4.72. The van der Waals surface area contributed by atoms with Crippen LogP contribution in [0.2, 0.25) is 0 Å². The van der Waals surface area contributed by atoms with Gasteiger partial charge < -0.3 is 24.3 Å². The SMILES string of the molecule is COc1cc([C@H](c2ccc(OC(F)(F)F)cc2)N2CCNCC2)cc2c1OCO2. The number of halogens is 3. The number of hydrogen-bond donors (Lipinski definition) is 1. The van der Waals surface area contributed by atoms with Crippen LogP contribution in [0.25, 0.3) is 0 Å². The average Bonchev–Trinajstić information content (AvgIpc) is 3.17. The maximum Gasteiger partial charge on any atom is 0.573 e. The van der Waals surface area contributed by atoms with E-state index in [0.29, 0.717) is 17.2 Å². The summed E-state index contributed by atoms with van der Waals surface area (Å²) in [4.78, 5) is 2.27. The molecule has 1 saturated heterocycles. The summed E-state index contributed by atoms with van der Waals surface area (Å²) >= 11 is 0. The molecule has 0 radical (unpaired) electrons. The van der Waals surface area contributed by atoms with Crippen LogP contribution in [0, 0.1) is 0 Å². The van der Waals surface area contributed by atoms with E-state index in [2.05, 4.69) is 15.0 Å². The summed E-state index contributed by atoms with van der Waals surface area (Å²) in [5, 5.41) is 3.32. The minimum Gasteiger partial charge on any atom is -0.493 e. The molecular formula is C20H21F3N2O4. The third-order valence-corrected chi connectivity index (χ3v) is 4.94. The van der Waals surface area contributed by atoms with Crippen LogP contribution in [0.4, 0.5) is 13.2 Å². The van der Waals surface area contributed by atoms with Gasteiger partial charge in [0.15, 0.2) is 11.5 Å². The second kappa shape index (κ2) is 8.00. The van der Waals surface area contributed by atoms with Crippen LogP contribution in [0.1, 0.15) is 17.2 Å². The molecule has 0 aromatic heterocycles. The number of piperazine rings is 1. The number of alkyl halides is 3. The molecule has 9 heteroatoms. The Morgan fingerprint density at radius 2 is 1.76 bits per heavy atom. The van der Waals surface area contributed by atoms with Crippen molar-refractivity contribution in [2.45, 2.75) is 12.4 Å². The highest BCUT2D eigenvalue weighted by Gasteiger charge is 2.32. The molecule has 29 heavy (non-hydrogen) atoms. The number of benzene rings is 2. The van der Waals surface area contributed by atoms with E-state index in [1.807, 2.05) is 12.1 Å². The third-order valence-electron chi connectivity index (χ3n) is 4.94. The van der Waals surface area contributed by atoms with Gasteiger partial charge in [-0.15, -0.1) is 13.2 Å². The molecule has 156 valence electrons. The predicted molar refractivity (Wildman–Crippen MR) is 98.5 cm³/mol. The summed E-state index contributed by atoms with van der Waals surface area (Å²) in [6, 6.07) is 9.60. The highest BCUT2D eigenvalue weighted by Crippen LogP contribution is 2.45. The van der Waals surface area contributed by atoms with Crippen molar-refractivity contribution in [2.75, 3.05) is 40.1 Å². The largest absolute Gasteiger partial charge is 0.573 e. The normalized spacial score (nSPS) is 17.8. The van der Waals surface area contributed by atoms with Crippen molar-refractivity contribution in [1.82, 2.24) is 10.2 Å². The van der Waals surface area contributed by atoms with E-state index in [1.165, 1.54) is 12.1 Å². The van der Waals surface area contributed by atoms with Gasteiger partial charge in [-0.05, 0) is 35.4 Å². The first-order valence-electron chi connectivity index (χ1n) is 9.22. The minimum atomic E-state index is -4.72. The molecule has 1 N–H and O–H groups in total. The van der Waals surface area contributed by atoms with E-state index in [0.717, 1.165) is 37.3 Å². The van der Waals surface area contributed by atoms with Crippen LogP contribution in [0.5, 0.6) is 23.0 Å². The molecule has 0 bridgehead atoms. The third kappa shape index (κ3) is 4.35. The lowest BCUT2D eigenvalue weighted by Crippen LogP contribution is -2.45. The van der Waals surface area contributed by atoms with Crippen LogP contribution < -0.4 is 24.3 Å². The zero-order valence-electron chi connectivity index (χ0n) is 15.8. The Kier molecular flexibility index (Phi) is 5.42. The van der Waals surface area contributed by atoms with Gasteiger partial charge in [0, 0.05) is 26.2 Å². The molecule has 6 nitrogen and oxygen atoms in total. The lowest BCUT2D eigenvalue weighted by atomic mass is 9.95. The molecule has 0 aliphatic carbocycles. The van der Waals surface area contributed by atoms with Crippen molar-refractivity contribution in [1.29, 1.82) is 0 Å². The summed E-state index contributed by atoms with van der Waals surface area (Å²) in [6.45, 7) is 3.36. The predicted octanol–water partition coefficient (Wildman–Crippen LogP) is 3.32. The molecule has 2 aromatic carbocycles. The van der Waals surface area contributed by atoms with Gasteiger partial charge in [-0.2, -0.15) is 0 Å². The Hall–Kier alpha value is -2.65. The lowest BCUT2D eigenvalue weighted by molar-refractivity contribution is -0.274. The van der Waals surface area contributed by atoms with E-state index < -0.39 is 6.36 Å². The van der Waals surface area contributed by atoms with Crippen LogP contribution in [0.15, 0.2) is 36.4 Å². The van der Waals surface area contributed by atoms with Gasteiger partial charge in [0.1, 0.15) is 5.75 Å². The Balaban J connectivity index is 1.71. The van der Waals surface area contributed by atoms with Gasteiger partial charge in [0.25, 0.3) is 0 Å². The molecule has 2 aromatic rings. The summed E-state index contributed by atoms with van der Waals surface area (Å²) in [7, 11) is 1.56. The first-order valence-corrected chi connectivity index (χ1v) is 9.22. The van der Waals surface area contributed by atoms with E-state index in [4.69, 9.17) is 14.2 Å². The second-order valence-corrected chi connectivity index (χ2v) is 6.76. The van der Waals surface area contributed by atoms with Crippen LogP contribution in [-0.2, 0) is 0 Å². The van der Waals surface area contributed by atoms with Gasteiger partial charge in [-0.1, -0.05) is 12.1 Å². The van der Waals surface area contributed by atoms with Gasteiger partial charge >= 0.3 is 6.36 Å². The van der Waals surface area contributed by atoms with E-state index in [1.54, 1.807) is 19.2 Å². The minimum absolute atomic E-state index is 0.122. The zero-order chi connectivity index (χ0) is 20.4. The monoisotopic (exact) mass is 410 g/mol. The van der Waals surface area contributed by atoms with Crippen molar-refractivity contribution in [3.05, 3.63) is 47.5 Å². The number of fused-ring (bicyclic) bond motifs is 1. The van der Waals surface area contributed by atoms with E-state index in [9.17, 15) is 13.2 Å². The van der Waals surface area contributed by atoms with Crippen molar-refractivity contribution < 1.29 is 32.1 Å². The van der Waals surface area contributed by atoms with Gasteiger partial charge in [-0.3, -0.25) is 4.90 Å². The number of ether oxygens (including phenoxy) is 4. The maximum atomic E-state index is 12.5. The fraction of sp³-hybridized carbons (Fsp3) is 0.400. The lowest BCUT2D eigenvalue weighted by Gasteiger charge is -2.35. The molecule has 0 saturated carbocycles. The number of hydrogen-bond acceptors (Lipinski definition) is 6. The number of nitrogens with one attached hydrogen (secondary N) is 1. The standard InChI is InChI=1S/C20H21F3N2O4/c1-26-16-10-14(11-17-19(16)28-12-27-17)18(25-8-6-24-7-9-25)13-2-4-15(5-3-13)29-20(21,22)23/h2-5,10-11,18,24H,6-9,12H2,1H3/t18-/m0/s1. The molecule has 0 amide bonds. The Morgan fingerprint density at radius 1 is 1.03 bits per heavy atom. The smallest absolute Gasteiger partial charge is 0.493 e. The van der Waals surface area contributed by atoms with Crippen molar-refractivity contribution in [2.24, 2.45) is 0 Å². The highest BCUT2D eigenvalue weighted by atomic mass is 19.4. The molecule has 0 unspecified atom stereocenters. The molecule has 2 aliphatic heterocycles. The molecular weight excluding hydrogens is 389 g/mol. The topological polar surface area (TPSA) is 52.2 Å². The van der Waals surface area contributed by atoms with Crippen LogP contribution in [0.3, 0.4) is 0 Å². The summed E-state index contributed by atoms with van der Waals surface area (Å²) in [5.41, 5.74) is 1.76. The Labute approximate surface area is 166 Å². The highest BCUT2D eigenvalue weighted by molar-refractivity contribution is 5.56. The number of rotatable bonds is 5. The van der Waals surface area contributed by atoms with Gasteiger partial charge in [-0.25, -0.2) is 0 Å². The number of nitrogens with zero attached hydrogens (tertiary/aromatic N) is 1. The number of methoxy groups -OCH3 is 1. The van der Waals surface area contributed by atoms with Crippen LogP contribution >= 0.6 is 0 Å². The molecule has 1 fully saturated rings. The molecule has 1 atom stereocenters. The van der Waals surface area contributed by atoms with Crippen molar-refractivity contribution in [3.63, 3.8) is 0 Å². The summed E-state index contributed by atoms with van der Waals surface area (Å²) < 4.78 is 58.0. The fourth-order valence-electron chi connectivity index (χ4n) is 3.71. The summed E-state index contributed by atoms with van der Waals surface area (Å²) in [5.74, 6) is 1.47. The Morgan fingerprint density at radius 3 is 2.41 bits per heavy atom. The first-order chi connectivity index (χ1) is 13.9. The molecule has 4 rings (SSSR count). The van der Waals surface area contributed by atoms with Crippen molar-refractivity contribution in [3.8, 4) is 23.0 Å². The second-order valence-electron chi connectivity index (χ2n) is 6.76. The van der Waals surface area contributed by atoms with Gasteiger partial charge in [0.05, 0.1) is 13.2 Å². The van der Waals surface area contributed by atoms with E-state index in [-0.39, 0.29) is 18.6 Å². The zero-order valence-corrected chi connectivity index (χ0v) is 15.8. The fourth-order valence-corrected chi connectivity index (χ4v) is 3.71. The maximum absolute atomic E-state index is 12.5. The van der Waals surface area contributed by atoms with Crippen molar-refractivity contribution >= 4 is 0 Å². The quantitative estimate of drug-likeness (QED) is 0.816.